The minimum absolute atomic E-state index is 0.110. The number of nitrogens with one attached hydrogen (secondary N) is 1. The van der Waals surface area contributed by atoms with Crippen LogP contribution in [0.3, 0.4) is 0 Å². The van der Waals surface area contributed by atoms with Gasteiger partial charge in [-0.15, -0.1) is 0 Å². The Morgan fingerprint density at radius 1 is 1.10 bits per heavy atom. The van der Waals surface area contributed by atoms with E-state index in [1.807, 2.05) is 24.3 Å². The monoisotopic (exact) mass is 426 g/mol. The lowest BCUT2D eigenvalue weighted by Gasteiger charge is -2.21. The fraction of sp³-hybridized carbons (Fsp3) is 0.348. The molecule has 1 fully saturated rings. The van der Waals surface area contributed by atoms with E-state index in [1.54, 1.807) is 18.2 Å². The summed E-state index contributed by atoms with van der Waals surface area (Å²) in [4.78, 5) is 25.2. The first-order valence-electron chi connectivity index (χ1n) is 10.1. The second-order valence-electron chi connectivity index (χ2n) is 7.63. The molecule has 2 aromatic carbocycles. The van der Waals surface area contributed by atoms with Crippen molar-refractivity contribution in [3.8, 4) is 0 Å². The second-order valence-corrected chi connectivity index (χ2v) is 8.07. The van der Waals surface area contributed by atoms with Crippen molar-refractivity contribution < 1.29 is 14.1 Å². The van der Waals surface area contributed by atoms with E-state index < -0.39 is 0 Å². The van der Waals surface area contributed by atoms with Crippen LogP contribution in [-0.4, -0.2) is 24.3 Å². The summed E-state index contributed by atoms with van der Waals surface area (Å²) in [6.07, 6.45) is 2.83. The number of halogens is 1. The molecule has 4 rings (SSSR count). The summed E-state index contributed by atoms with van der Waals surface area (Å²) in [5, 5.41) is 7.78. The first kappa shape index (κ1) is 20.6. The number of benzene rings is 2. The molecular formula is C23H23ClN2O4. The van der Waals surface area contributed by atoms with E-state index in [2.05, 4.69) is 10.5 Å². The Hall–Kier alpha value is -2.70. The van der Waals surface area contributed by atoms with E-state index in [-0.39, 0.29) is 23.5 Å². The van der Waals surface area contributed by atoms with Crippen LogP contribution in [0.5, 0.6) is 0 Å². The van der Waals surface area contributed by atoms with Crippen molar-refractivity contribution >= 4 is 28.5 Å². The largest absolute Gasteiger partial charge is 0.381 e. The van der Waals surface area contributed by atoms with Gasteiger partial charge in [0.05, 0.1) is 11.8 Å². The third-order valence-electron chi connectivity index (χ3n) is 5.40. The molecule has 156 valence electrons. The SMILES string of the molecule is O=C(Cc1noc2ccc(CC3CCOCC3)cc2c1=O)NCc1ccc(Cl)cc1. The third-order valence-corrected chi connectivity index (χ3v) is 5.65. The third kappa shape index (κ3) is 5.07. The molecule has 0 radical (unpaired) electrons. The Morgan fingerprint density at radius 3 is 2.60 bits per heavy atom. The van der Waals surface area contributed by atoms with Gasteiger partial charge < -0.3 is 14.6 Å². The maximum absolute atomic E-state index is 12.9. The number of carbonyl (C=O) groups excluding carboxylic acids is 1. The average Bonchev–Trinajstić information content (AvgIpc) is 2.76. The van der Waals surface area contributed by atoms with Gasteiger partial charge in [0.1, 0.15) is 5.69 Å². The number of hydrogen-bond donors (Lipinski definition) is 1. The molecule has 1 aromatic heterocycles. The molecule has 1 amide bonds. The zero-order valence-corrected chi connectivity index (χ0v) is 17.3. The van der Waals surface area contributed by atoms with Gasteiger partial charge in [-0.2, -0.15) is 0 Å². The Morgan fingerprint density at radius 2 is 1.83 bits per heavy atom. The first-order chi connectivity index (χ1) is 14.6. The molecule has 0 bridgehead atoms. The highest BCUT2D eigenvalue weighted by molar-refractivity contribution is 6.30. The van der Waals surface area contributed by atoms with Crippen molar-refractivity contribution in [2.24, 2.45) is 5.92 Å². The predicted octanol–water partition coefficient (Wildman–Crippen LogP) is 3.67. The molecule has 2 heterocycles. The molecule has 0 spiro atoms. The van der Waals surface area contributed by atoms with Gasteiger partial charge in [0, 0.05) is 24.8 Å². The molecule has 1 saturated heterocycles. The highest BCUT2D eigenvalue weighted by Gasteiger charge is 2.17. The maximum atomic E-state index is 12.9. The first-order valence-corrected chi connectivity index (χ1v) is 10.5. The number of ether oxygens (including phenoxy) is 1. The number of hydrogen-bond acceptors (Lipinski definition) is 5. The molecular weight excluding hydrogens is 404 g/mol. The van der Waals surface area contributed by atoms with Crippen molar-refractivity contribution in [3.05, 3.63) is 74.5 Å². The van der Waals surface area contributed by atoms with Gasteiger partial charge >= 0.3 is 0 Å². The minimum atomic E-state index is -0.289. The number of carbonyl (C=O) groups is 1. The van der Waals surface area contributed by atoms with Crippen LogP contribution in [0, 0.1) is 5.92 Å². The second kappa shape index (κ2) is 9.41. The zero-order valence-electron chi connectivity index (χ0n) is 16.5. The predicted molar refractivity (Wildman–Crippen MR) is 115 cm³/mol. The maximum Gasteiger partial charge on any atom is 0.226 e. The number of aromatic nitrogens is 1. The van der Waals surface area contributed by atoms with Crippen LogP contribution in [-0.2, 0) is 28.9 Å². The standard InChI is InChI=1S/C23H23ClN2O4/c24-18-4-1-16(2-5-18)14-25-22(27)13-20-23(28)19-12-17(3-6-21(19)30-26-20)11-15-7-9-29-10-8-15/h1-6,12,15H,7-11,13-14H2,(H,25,27). The van der Waals surface area contributed by atoms with Crippen LogP contribution in [0.15, 0.2) is 51.8 Å². The van der Waals surface area contributed by atoms with E-state index in [9.17, 15) is 9.59 Å². The summed E-state index contributed by atoms with van der Waals surface area (Å²) in [6, 6.07) is 12.8. The van der Waals surface area contributed by atoms with E-state index in [0.29, 0.717) is 28.5 Å². The van der Waals surface area contributed by atoms with Gasteiger partial charge in [0.25, 0.3) is 0 Å². The van der Waals surface area contributed by atoms with Crippen molar-refractivity contribution in [1.29, 1.82) is 0 Å². The van der Waals surface area contributed by atoms with Crippen molar-refractivity contribution in [3.63, 3.8) is 0 Å². The Kier molecular flexibility index (Phi) is 6.45. The van der Waals surface area contributed by atoms with Crippen LogP contribution in [0.2, 0.25) is 5.02 Å². The molecule has 0 atom stereocenters. The van der Waals surface area contributed by atoms with E-state index >= 15 is 0 Å². The number of amides is 1. The molecule has 7 heteroatoms. The topological polar surface area (TPSA) is 81.4 Å². The molecule has 1 N–H and O–H groups in total. The molecule has 30 heavy (non-hydrogen) atoms. The lowest BCUT2D eigenvalue weighted by atomic mass is 9.92. The van der Waals surface area contributed by atoms with Gasteiger partial charge in [-0.3, -0.25) is 9.59 Å². The molecule has 1 aliphatic heterocycles. The Labute approximate surface area is 179 Å². The number of nitrogens with zero attached hydrogens (tertiary/aromatic N) is 1. The number of rotatable bonds is 6. The van der Waals surface area contributed by atoms with Gasteiger partial charge in [-0.1, -0.05) is 35.0 Å². The van der Waals surface area contributed by atoms with Crippen molar-refractivity contribution in [2.75, 3.05) is 13.2 Å². The molecule has 6 nitrogen and oxygen atoms in total. The van der Waals surface area contributed by atoms with Crippen LogP contribution < -0.4 is 10.7 Å². The lowest BCUT2D eigenvalue weighted by molar-refractivity contribution is -0.120. The molecule has 0 aliphatic carbocycles. The van der Waals surface area contributed by atoms with Crippen LogP contribution in [0.4, 0.5) is 0 Å². The van der Waals surface area contributed by atoms with E-state index in [0.717, 1.165) is 43.6 Å². The Balaban J connectivity index is 1.45. The minimum Gasteiger partial charge on any atom is -0.381 e. The quantitative estimate of drug-likeness (QED) is 0.650. The lowest BCUT2D eigenvalue weighted by Crippen LogP contribution is -2.27. The normalized spacial score (nSPS) is 14.7. The number of fused-ring (bicyclic) bond motifs is 1. The van der Waals surface area contributed by atoms with Gasteiger partial charge in [0.2, 0.25) is 11.3 Å². The zero-order chi connectivity index (χ0) is 20.9. The van der Waals surface area contributed by atoms with Crippen LogP contribution in [0.25, 0.3) is 11.0 Å². The fourth-order valence-corrected chi connectivity index (χ4v) is 3.80. The van der Waals surface area contributed by atoms with Gasteiger partial charge in [-0.25, -0.2) is 0 Å². The average molecular weight is 427 g/mol. The highest BCUT2D eigenvalue weighted by atomic mass is 35.5. The van der Waals surface area contributed by atoms with Crippen LogP contribution in [0.1, 0.15) is 29.7 Å². The summed E-state index contributed by atoms with van der Waals surface area (Å²) < 4.78 is 10.8. The Bertz CT molecular complexity index is 1090. The van der Waals surface area contributed by atoms with Gasteiger partial charge in [0.15, 0.2) is 5.58 Å². The summed E-state index contributed by atoms with van der Waals surface area (Å²) in [7, 11) is 0. The van der Waals surface area contributed by atoms with Crippen molar-refractivity contribution in [2.45, 2.75) is 32.2 Å². The summed E-state index contributed by atoms with van der Waals surface area (Å²) in [5.41, 5.74) is 2.29. The van der Waals surface area contributed by atoms with E-state index in [1.165, 1.54) is 0 Å². The van der Waals surface area contributed by atoms with Crippen LogP contribution >= 0.6 is 11.6 Å². The summed E-state index contributed by atoms with van der Waals surface area (Å²) in [6.45, 7) is 1.93. The summed E-state index contributed by atoms with van der Waals surface area (Å²) in [5.74, 6) is 0.269. The molecule has 0 saturated carbocycles. The van der Waals surface area contributed by atoms with Crippen molar-refractivity contribution in [1.82, 2.24) is 10.5 Å². The molecule has 3 aromatic rings. The summed E-state index contributed by atoms with van der Waals surface area (Å²) >= 11 is 5.87. The van der Waals surface area contributed by atoms with Gasteiger partial charge in [-0.05, 0) is 60.6 Å². The smallest absolute Gasteiger partial charge is 0.226 e. The highest BCUT2D eigenvalue weighted by Crippen LogP contribution is 2.22. The fourth-order valence-electron chi connectivity index (χ4n) is 3.68. The molecule has 0 unspecified atom stereocenters. The van der Waals surface area contributed by atoms with E-state index in [4.69, 9.17) is 20.9 Å². The molecule has 1 aliphatic rings.